The number of guanidine groups is 1. The van der Waals surface area contributed by atoms with E-state index in [1.165, 1.54) is 11.3 Å². The van der Waals surface area contributed by atoms with Crippen molar-refractivity contribution in [1.29, 1.82) is 0 Å². The lowest BCUT2D eigenvalue weighted by Crippen LogP contribution is -2.44. The van der Waals surface area contributed by atoms with E-state index in [9.17, 15) is 9.59 Å². The molecular formula is C18H26N4O2. The van der Waals surface area contributed by atoms with Crippen LogP contribution in [0.1, 0.15) is 26.2 Å². The molecule has 2 N–H and O–H groups in total. The van der Waals surface area contributed by atoms with Gasteiger partial charge in [0.2, 0.25) is 11.8 Å². The number of carbonyl (C=O) groups excluding carboxylic acids is 2. The summed E-state index contributed by atoms with van der Waals surface area (Å²) in [5, 5.41) is 0. The molecule has 0 aromatic carbocycles. The molecule has 6 nitrogen and oxygen atoms in total. The molecule has 130 valence electrons. The van der Waals surface area contributed by atoms with Crippen molar-refractivity contribution >= 4 is 17.8 Å². The molecule has 2 saturated heterocycles. The third-order valence-electron chi connectivity index (χ3n) is 6.14. The van der Waals surface area contributed by atoms with Crippen LogP contribution in [0, 0.1) is 29.6 Å². The van der Waals surface area contributed by atoms with Crippen LogP contribution in [0.2, 0.25) is 0 Å². The van der Waals surface area contributed by atoms with Crippen molar-refractivity contribution in [3.63, 3.8) is 0 Å². The number of rotatable bonds is 3. The maximum absolute atomic E-state index is 12.6. The number of carbonyl (C=O) groups is 2. The van der Waals surface area contributed by atoms with Gasteiger partial charge in [0.25, 0.3) is 0 Å². The first-order chi connectivity index (χ1) is 11.6. The minimum atomic E-state index is -0.114. The molecule has 5 atom stereocenters. The van der Waals surface area contributed by atoms with Crippen LogP contribution in [-0.4, -0.2) is 53.8 Å². The van der Waals surface area contributed by atoms with Crippen LogP contribution in [-0.2, 0) is 9.59 Å². The van der Waals surface area contributed by atoms with Crippen LogP contribution in [0.4, 0.5) is 0 Å². The highest BCUT2D eigenvalue weighted by Gasteiger charge is 2.58. The van der Waals surface area contributed by atoms with E-state index in [1.807, 2.05) is 0 Å². The highest BCUT2D eigenvalue weighted by Crippen LogP contribution is 2.52. The predicted octanol–water partition coefficient (Wildman–Crippen LogP) is 0.840. The second-order valence-electron chi connectivity index (χ2n) is 7.76. The molecule has 2 aliphatic carbocycles. The zero-order valence-electron chi connectivity index (χ0n) is 14.2. The Hall–Kier alpha value is -1.85. The van der Waals surface area contributed by atoms with Gasteiger partial charge in [-0.05, 0) is 37.0 Å². The Bertz CT molecular complexity index is 584. The summed E-state index contributed by atoms with van der Waals surface area (Å²) in [5.74, 6) is 1.49. The van der Waals surface area contributed by atoms with Gasteiger partial charge in [0.1, 0.15) is 0 Å². The smallest absolute Gasteiger partial charge is 0.233 e. The van der Waals surface area contributed by atoms with E-state index in [0.717, 1.165) is 25.9 Å². The maximum Gasteiger partial charge on any atom is 0.233 e. The fourth-order valence-electron chi connectivity index (χ4n) is 4.95. The Kier molecular flexibility index (Phi) is 3.85. The monoisotopic (exact) mass is 330 g/mol. The molecule has 2 amide bonds. The van der Waals surface area contributed by atoms with Crippen molar-refractivity contribution in [2.24, 2.45) is 40.3 Å². The van der Waals surface area contributed by atoms with Gasteiger partial charge < -0.3 is 10.6 Å². The quantitative estimate of drug-likeness (QED) is 0.360. The van der Waals surface area contributed by atoms with Crippen molar-refractivity contribution in [1.82, 2.24) is 9.80 Å². The number of imide groups is 1. The first kappa shape index (κ1) is 15.7. The Morgan fingerprint density at radius 1 is 1.25 bits per heavy atom. The molecule has 0 aromatic heterocycles. The zero-order valence-corrected chi connectivity index (χ0v) is 14.2. The fourth-order valence-corrected chi connectivity index (χ4v) is 4.95. The van der Waals surface area contributed by atoms with Crippen LogP contribution in [0.3, 0.4) is 0 Å². The number of aliphatic imine (C=N–C) groups is 1. The first-order valence-electron chi connectivity index (χ1n) is 9.14. The second kappa shape index (κ2) is 5.90. The van der Waals surface area contributed by atoms with Gasteiger partial charge in [-0.15, -0.1) is 0 Å². The molecule has 2 bridgehead atoms. The van der Waals surface area contributed by atoms with Gasteiger partial charge in [0, 0.05) is 19.6 Å². The number of nitrogens with zero attached hydrogens (tertiary/aromatic N) is 3. The van der Waals surface area contributed by atoms with Gasteiger partial charge in [-0.2, -0.15) is 0 Å². The number of hydrogen-bond acceptors (Lipinski definition) is 3. The van der Waals surface area contributed by atoms with E-state index in [4.69, 9.17) is 5.73 Å². The zero-order chi connectivity index (χ0) is 16.8. The maximum atomic E-state index is 12.6. The summed E-state index contributed by atoms with van der Waals surface area (Å²) in [6.07, 6.45) is 7.58. The summed E-state index contributed by atoms with van der Waals surface area (Å²) in [5.41, 5.74) is 6.09. The molecule has 3 fully saturated rings. The Morgan fingerprint density at radius 2 is 1.92 bits per heavy atom. The van der Waals surface area contributed by atoms with E-state index in [2.05, 4.69) is 29.0 Å². The highest BCUT2D eigenvalue weighted by atomic mass is 16.2. The van der Waals surface area contributed by atoms with Crippen molar-refractivity contribution in [3.8, 4) is 0 Å². The average Bonchev–Trinajstić information content (AvgIpc) is 3.24. The van der Waals surface area contributed by atoms with Crippen molar-refractivity contribution in [3.05, 3.63) is 12.2 Å². The molecule has 6 heteroatoms. The minimum absolute atomic E-state index is 0.00205. The van der Waals surface area contributed by atoms with E-state index in [1.54, 1.807) is 0 Å². The molecule has 2 aliphatic heterocycles. The fraction of sp³-hybridized carbons (Fsp3) is 0.722. The van der Waals surface area contributed by atoms with E-state index in [0.29, 0.717) is 25.0 Å². The predicted molar refractivity (Wildman–Crippen MR) is 90.9 cm³/mol. The van der Waals surface area contributed by atoms with Gasteiger partial charge in [0.05, 0.1) is 18.4 Å². The number of hydrogen-bond donors (Lipinski definition) is 1. The summed E-state index contributed by atoms with van der Waals surface area (Å²) in [6, 6.07) is 0. The number of nitrogens with two attached hydrogens (primary N) is 1. The molecular weight excluding hydrogens is 304 g/mol. The summed E-state index contributed by atoms with van der Waals surface area (Å²) < 4.78 is 0. The van der Waals surface area contributed by atoms with Crippen molar-refractivity contribution in [2.75, 3.05) is 26.2 Å². The van der Waals surface area contributed by atoms with Gasteiger partial charge in [0.15, 0.2) is 5.96 Å². The molecule has 4 rings (SSSR count). The lowest BCUT2D eigenvalue weighted by molar-refractivity contribution is -0.140. The molecule has 0 aromatic rings. The number of fused-ring (bicyclic) bond motifs is 5. The summed E-state index contributed by atoms with van der Waals surface area (Å²) in [6.45, 7) is 4.86. The second-order valence-corrected chi connectivity index (χ2v) is 7.76. The molecule has 5 unspecified atom stereocenters. The van der Waals surface area contributed by atoms with Crippen LogP contribution in [0.15, 0.2) is 17.1 Å². The van der Waals surface area contributed by atoms with Gasteiger partial charge in [-0.25, -0.2) is 0 Å². The SMILES string of the molecule is CC1CCCN(C(N)=NCCN2C(=O)C3C4C=CC(C4)C3C2=O)C1. The lowest BCUT2D eigenvalue weighted by atomic mass is 9.85. The Morgan fingerprint density at radius 3 is 2.54 bits per heavy atom. The van der Waals surface area contributed by atoms with Gasteiger partial charge >= 0.3 is 0 Å². The summed E-state index contributed by atoms with van der Waals surface area (Å²) in [4.78, 5) is 33.1. The normalized spacial score (nSPS) is 38.4. The Labute approximate surface area is 142 Å². The highest BCUT2D eigenvalue weighted by molar-refractivity contribution is 6.06. The van der Waals surface area contributed by atoms with E-state index >= 15 is 0 Å². The van der Waals surface area contributed by atoms with E-state index in [-0.39, 0.29) is 35.5 Å². The van der Waals surface area contributed by atoms with Crippen molar-refractivity contribution < 1.29 is 9.59 Å². The largest absolute Gasteiger partial charge is 0.370 e. The van der Waals surface area contributed by atoms with Crippen LogP contribution < -0.4 is 5.73 Å². The topological polar surface area (TPSA) is 79.0 Å². The summed E-state index contributed by atoms with van der Waals surface area (Å²) in [7, 11) is 0. The third-order valence-corrected chi connectivity index (χ3v) is 6.14. The summed E-state index contributed by atoms with van der Waals surface area (Å²) >= 11 is 0. The van der Waals surface area contributed by atoms with Crippen LogP contribution >= 0.6 is 0 Å². The molecule has 0 radical (unpaired) electrons. The number of allylic oxidation sites excluding steroid dienone is 2. The van der Waals surface area contributed by atoms with Gasteiger partial charge in [-0.3, -0.25) is 19.5 Å². The molecule has 0 spiro atoms. The number of piperidine rings is 1. The molecule has 1 saturated carbocycles. The average molecular weight is 330 g/mol. The van der Waals surface area contributed by atoms with Crippen LogP contribution in [0.5, 0.6) is 0 Å². The molecule has 4 aliphatic rings. The van der Waals surface area contributed by atoms with E-state index < -0.39 is 0 Å². The Balaban J connectivity index is 1.36. The van der Waals surface area contributed by atoms with Crippen LogP contribution in [0.25, 0.3) is 0 Å². The third kappa shape index (κ3) is 2.43. The first-order valence-corrected chi connectivity index (χ1v) is 9.14. The van der Waals surface area contributed by atoms with Gasteiger partial charge in [-0.1, -0.05) is 19.1 Å². The number of likely N-dealkylation sites (tertiary alicyclic amines) is 2. The lowest BCUT2D eigenvalue weighted by Gasteiger charge is -2.31. The molecule has 2 heterocycles. The number of amides is 2. The standard InChI is InChI=1S/C18H26N4O2/c1-11-3-2-7-21(10-11)18(19)20-6-8-22-16(23)14-12-4-5-13(9-12)15(14)17(22)24/h4-5,11-15H,2-3,6-10H2,1H3,(H2,19,20). The van der Waals surface area contributed by atoms with Crippen molar-refractivity contribution in [2.45, 2.75) is 26.2 Å². The minimum Gasteiger partial charge on any atom is -0.370 e. The molecule has 24 heavy (non-hydrogen) atoms.